The summed E-state index contributed by atoms with van der Waals surface area (Å²) in [6, 6.07) is 8.17. The van der Waals surface area contributed by atoms with Gasteiger partial charge in [-0.1, -0.05) is 12.1 Å². The highest BCUT2D eigenvalue weighted by atomic mass is 32.1. The lowest BCUT2D eigenvalue weighted by atomic mass is 10.2. The standard InChI is InChI=1S/C12H16N2OS/c1-15-8-4-5-9(13)12-14-10-6-2-3-7-11(10)16-12/h2-3,6-7,9H,4-5,8,13H2,1H3. The molecule has 2 rings (SSSR count). The van der Waals surface area contributed by atoms with E-state index in [-0.39, 0.29) is 6.04 Å². The average molecular weight is 236 g/mol. The number of hydrogen-bond acceptors (Lipinski definition) is 4. The van der Waals surface area contributed by atoms with Gasteiger partial charge in [-0.25, -0.2) is 4.98 Å². The van der Waals surface area contributed by atoms with Gasteiger partial charge in [0.05, 0.1) is 16.3 Å². The minimum Gasteiger partial charge on any atom is -0.385 e. The van der Waals surface area contributed by atoms with Gasteiger partial charge in [-0.15, -0.1) is 11.3 Å². The fraction of sp³-hybridized carbons (Fsp3) is 0.417. The van der Waals surface area contributed by atoms with Crippen LogP contribution in [0.3, 0.4) is 0 Å². The number of nitrogens with two attached hydrogens (primary N) is 1. The van der Waals surface area contributed by atoms with Crippen LogP contribution >= 0.6 is 11.3 Å². The van der Waals surface area contributed by atoms with Crippen molar-refractivity contribution in [3.05, 3.63) is 29.3 Å². The Morgan fingerprint density at radius 1 is 1.44 bits per heavy atom. The van der Waals surface area contributed by atoms with Gasteiger partial charge in [0.25, 0.3) is 0 Å². The first-order valence-electron chi connectivity index (χ1n) is 5.41. The number of ether oxygens (including phenoxy) is 1. The maximum atomic E-state index is 6.09. The highest BCUT2D eigenvalue weighted by Gasteiger charge is 2.11. The molecule has 86 valence electrons. The Morgan fingerprint density at radius 2 is 2.25 bits per heavy atom. The van der Waals surface area contributed by atoms with E-state index >= 15 is 0 Å². The Kier molecular flexibility index (Phi) is 3.88. The number of para-hydroxylation sites is 1. The lowest BCUT2D eigenvalue weighted by molar-refractivity contribution is 0.190. The Balaban J connectivity index is 2.07. The number of nitrogens with zero attached hydrogens (tertiary/aromatic N) is 1. The Hall–Kier alpha value is -0.970. The van der Waals surface area contributed by atoms with Crippen molar-refractivity contribution in [1.82, 2.24) is 4.98 Å². The first kappa shape index (κ1) is 11.5. The number of methoxy groups -OCH3 is 1. The van der Waals surface area contributed by atoms with Crippen molar-refractivity contribution in [3.63, 3.8) is 0 Å². The van der Waals surface area contributed by atoms with Crippen LogP contribution in [-0.4, -0.2) is 18.7 Å². The van der Waals surface area contributed by atoms with Crippen molar-refractivity contribution >= 4 is 21.6 Å². The number of benzene rings is 1. The van der Waals surface area contributed by atoms with Crippen LogP contribution < -0.4 is 5.73 Å². The Bertz CT molecular complexity index is 422. The van der Waals surface area contributed by atoms with Crippen LogP contribution in [0.25, 0.3) is 10.2 Å². The van der Waals surface area contributed by atoms with Crippen LogP contribution in [0.4, 0.5) is 0 Å². The highest BCUT2D eigenvalue weighted by Crippen LogP contribution is 2.26. The second kappa shape index (κ2) is 5.39. The summed E-state index contributed by atoms with van der Waals surface area (Å²) in [6.07, 6.45) is 1.90. The van der Waals surface area contributed by atoms with Gasteiger partial charge in [-0.2, -0.15) is 0 Å². The van der Waals surface area contributed by atoms with E-state index in [1.165, 1.54) is 4.70 Å². The maximum absolute atomic E-state index is 6.09. The first-order valence-corrected chi connectivity index (χ1v) is 6.23. The lowest BCUT2D eigenvalue weighted by Gasteiger charge is -2.06. The molecule has 4 heteroatoms. The molecule has 0 aliphatic rings. The van der Waals surface area contributed by atoms with Crippen LogP contribution in [0.2, 0.25) is 0 Å². The monoisotopic (exact) mass is 236 g/mol. The summed E-state index contributed by atoms with van der Waals surface area (Å²) in [6.45, 7) is 0.762. The molecular weight excluding hydrogens is 220 g/mol. The summed E-state index contributed by atoms with van der Waals surface area (Å²) >= 11 is 1.69. The Morgan fingerprint density at radius 3 is 3.00 bits per heavy atom. The van der Waals surface area contributed by atoms with E-state index in [1.54, 1.807) is 18.4 Å². The predicted octanol–water partition coefficient (Wildman–Crippen LogP) is 2.72. The van der Waals surface area contributed by atoms with E-state index in [4.69, 9.17) is 10.5 Å². The molecule has 0 fully saturated rings. The molecule has 0 saturated heterocycles. The Labute approximate surface area is 99.3 Å². The van der Waals surface area contributed by atoms with E-state index < -0.39 is 0 Å². The smallest absolute Gasteiger partial charge is 0.111 e. The van der Waals surface area contributed by atoms with E-state index in [0.717, 1.165) is 30.0 Å². The van der Waals surface area contributed by atoms with Gasteiger partial charge in [-0.05, 0) is 25.0 Å². The van der Waals surface area contributed by atoms with E-state index in [1.807, 2.05) is 18.2 Å². The summed E-state index contributed by atoms with van der Waals surface area (Å²) in [5.41, 5.74) is 7.14. The minimum atomic E-state index is 0.0348. The number of hydrogen-bond donors (Lipinski definition) is 1. The van der Waals surface area contributed by atoms with Crippen LogP contribution in [0.5, 0.6) is 0 Å². The summed E-state index contributed by atoms with van der Waals surface area (Å²) in [7, 11) is 1.71. The average Bonchev–Trinajstić information content (AvgIpc) is 2.73. The summed E-state index contributed by atoms with van der Waals surface area (Å²) in [5.74, 6) is 0. The highest BCUT2D eigenvalue weighted by molar-refractivity contribution is 7.18. The normalized spacial score (nSPS) is 13.1. The largest absolute Gasteiger partial charge is 0.385 e. The van der Waals surface area contributed by atoms with Crippen LogP contribution in [0.15, 0.2) is 24.3 Å². The SMILES string of the molecule is COCCCC(N)c1nc2ccccc2s1. The topological polar surface area (TPSA) is 48.1 Å². The third kappa shape index (κ3) is 2.58. The van der Waals surface area contributed by atoms with Crippen LogP contribution in [0, 0.1) is 0 Å². The third-order valence-corrected chi connectivity index (χ3v) is 3.66. The van der Waals surface area contributed by atoms with Crippen molar-refractivity contribution in [3.8, 4) is 0 Å². The number of rotatable bonds is 5. The summed E-state index contributed by atoms with van der Waals surface area (Å²) < 4.78 is 6.22. The van der Waals surface area contributed by atoms with Gasteiger partial charge in [0.2, 0.25) is 0 Å². The molecule has 0 aliphatic carbocycles. The molecule has 2 N–H and O–H groups in total. The third-order valence-electron chi connectivity index (χ3n) is 2.49. The molecule has 1 atom stereocenters. The second-order valence-electron chi connectivity index (χ2n) is 3.76. The lowest BCUT2D eigenvalue weighted by Crippen LogP contribution is -2.10. The van der Waals surface area contributed by atoms with Crippen molar-refractivity contribution in [2.24, 2.45) is 5.73 Å². The summed E-state index contributed by atoms with van der Waals surface area (Å²) in [5, 5.41) is 1.03. The van der Waals surface area contributed by atoms with Gasteiger partial charge in [0.15, 0.2) is 0 Å². The molecular formula is C12H16N2OS. The molecule has 16 heavy (non-hydrogen) atoms. The molecule has 0 saturated carbocycles. The zero-order chi connectivity index (χ0) is 11.4. The zero-order valence-corrected chi connectivity index (χ0v) is 10.2. The van der Waals surface area contributed by atoms with Crippen molar-refractivity contribution in [1.29, 1.82) is 0 Å². The maximum Gasteiger partial charge on any atom is 0.111 e. The molecule has 1 unspecified atom stereocenters. The molecule has 0 spiro atoms. The predicted molar refractivity (Wildman–Crippen MR) is 67.7 cm³/mol. The number of fused-ring (bicyclic) bond motifs is 1. The summed E-state index contributed by atoms with van der Waals surface area (Å²) in [4.78, 5) is 4.54. The van der Waals surface area contributed by atoms with E-state index in [0.29, 0.717) is 0 Å². The minimum absolute atomic E-state index is 0.0348. The van der Waals surface area contributed by atoms with Gasteiger partial charge >= 0.3 is 0 Å². The second-order valence-corrected chi connectivity index (χ2v) is 4.82. The van der Waals surface area contributed by atoms with Crippen molar-refractivity contribution in [2.45, 2.75) is 18.9 Å². The molecule has 0 aliphatic heterocycles. The molecule has 1 aromatic carbocycles. The van der Waals surface area contributed by atoms with Gasteiger partial charge in [0, 0.05) is 13.7 Å². The van der Waals surface area contributed by atoms with Gasteiger partial charge < -0.3 is 10.5 Å². The number of aromatic nitrogens is 1. The van der Waals surface area contributed by atoms with E-state index in [2.05, 4.69) is 11.1 Å². The van der Waals surface area contributed by atoms with Crippen LogP contribution in [0.1, 0.15) is 23.9 Å². The molecule has 1 heterocycles. The molecule has 0 bridgehead atoms. The quantitative estimate of drug-likeness (QED) is 0.812. The molecule has 3 nitrogen and oxygen atoms in total. The first-order chi connectivity index (χ1) is 7.81. The van der Waals surface area contributed by atoms with Crippen molar-refractivity contribution < 1.29 is 4.74 Å². The van der Waals surface area contributed by atoms with Crippen molar-refractivity contribution in [2.75, 3.05) is 13.7 Å². The molecule has 1 aromatic heterocycles. The fourth-order valence-corrected chi connectivity index (χ4v) is 2.62. The number of thiazole rings is 1. The van der Waals surface area contributed by atoms with E-state index in [9.17, 15) is 0 Å². The molecule has 0 radical (unpaired) electrons. The fourth-order valence-electron chi connectivity index (χ4n) is 1.62. The van der Waals surface area contributed by atoms with Gasteiger partial charge in [-0.3, -0.25) is 0 Å². The zero-order valence-electron chi connectivity index (χ0n) is 9.35. The molecule has 0 amide bonds. The van der Waals surface area contributed by atoms with Gasteiger partial charge in [0.1, 0.15) is 5.01 Å². The van der Waals surface area contributed by atoms with Crippen LogP contribution in [-0.2, 0) is 4.74 Å². The molecule has 2 aromatic rings.